The van der Waals surface area contributed by atoms with E-state index in [1.807, 2.05) is 12.1 Å². The molecule has 0 amide bonds. The number of nitrogens with zero attached hydrogens (tertiary/aromatic N) is 2. The van der Waals surface area contributed by atoms with Crippen molar-refractivity contribution < 1.29 is 14.1 Å². The third kappa shape index (κ3) is 2.03. The van der Waals surface area contributed by atoms with Gasteiger partial charge in [0.25, 0.3) is 0 Å². The van der Waals surface area contributed by atoms with Crippen LogP contribution in [-0.4, -0.2) is 17.4 Å². The molecule has 1 aromatic heterocycles. The van der Waals surface area contributed by atoms with Gasteiger partial charge >= 0.3 is 0 Å². The summed E-state index contributed by atoms with van der Waals surface area (Å²) in [7, 11) is 1.61. The highest BCUT2D eigenvalue weighted by molar-refractivity contribution is 5.90. The third-order valence-electron chi connectivity index (χ3n) is 2.70. The molecule has 0 unspecified atom stereocenters. The van der Waals surface area contributed by atoms with Crippen molar-refractivity contribution in [2.24, 2.45) is 0 Å². The molecule has 0 aliphatic carbocycles. The smallest absolute Gasteiger partial charge is 0.179 e. The Morgan fingerprint density at radius 2 is 1.63 bits per heavy atom. The number of ether oxygens (including phenoxy) is 2. The summed E-state index contributed by atoms with van der Waals surface area (Å²) < 4.78 is 15.5. The van der Waals surface area contributed by atoms with E-state index in [9.17, 15) is 0 Å². The van der Waals surface area contributed by atoms with Crippen molar-refractivity contribution in [2.75, 3.05) is 12.8 Å². The molecule has 0 atom stereocenters. The molecule has 0 spiro atoms. The zero-order valence-corrected chi connectivity index (χ0v) is 10.2. The van der Waals surface area contributed by atoms with Gasteiger partial charge in [-0.05, 0) is 46.7 Å². The Hall–Kier alpha value is -2.76. The van der Waals surface area contributed by atoms with Crippen LogP contribution in [0.15, 0.2) is 41.0 Å². The topological polar surface area (TPSA) is 83.4 Å². The number of fused-ring (bicyclic) bond motifs is 1. The number of hydrogen-bond acceptors (Lipinski definition) is 6. The van der Waals surface area contributed by atoms with Gasteiger partial charge in [0.15, 0.2) is 16.8 Å². The van der Waals surface area contributed by atoms with E-state index in [4.69, 9.17) is 15.2 Å². The van der Waals surface area contributed by atoms with Gasteiger partial charge in [-0.3, -0.25) is 0 Å². The van der Waals surface area contributed by atoms with E-state index in [1.54, 1.807) is 31.4 Å². The van der Waals surface area contributed by atoms with Crippen LogP contribution in [0.4, 0.5) is 5.69 Å². The molecular weight excluding hydrogens is 246 g/mol. The highest BCUT2D eigenvalue weighted by Crippen LogP contribution is 2.31. The Morgan fingerprint density at radius 1 is 0.947 bits per heavy atom. The highest BCUT2D eigenvalue weighted by atomic mass is 16.6. The molecule has 3 rings (SSSR count). The second-order valence-electron chi connectivity index (χ2n) is 3.89. The van der Waals surface area contributed by atoms with Crippen molar-refractivity contribution in [3.8, 4) is 17.2 Å². The minimum atomic E-state index is 0.492. The van der Waals surface area contributed by atoms with Crippen molar-refractivity contribution in [3.63, 3.8) is 0 Å². The quantitative estimate of drug-likeness (QED) is 0.726. The lowest BCUT2D eigenvalue weighted by molar-refractivity contribution is 0.314. The van der Waals surface area contributed by atoms with Gasteiger partial charge in [-0.25, -0.2) is 4.63 Å². The molecule has 6 heteroatoms. The third-order valence-corrected chi connectivity index (χ3v) is 2.70. The Kier molecular flexibility index (Phi) is 2.68. The first-order valence-electron chi connectivity index (χ1n) is 5.60. The molecule has 2 aromatic carbocycles. The van der Waals surface area contributed by atoms with Crippen molar-refractivity contribution >= 4 is 16.7 Å². The van der Waals surface area contributed by atoms with Crippen LogP contribution in [-0.2, 0) is 0 Å². The summed E-state index contributed by atoms with van der Waals surface area (Å²) >= 11 is 0. The molecule has 96 valence electrons. The number of nitrogen functional groups attached to an aromatic ring is 1. The number of hydrogen-bond donors (Lipinski definition) is 1. The van der Waals surface area contributed by atoms with Crippen molar-refractivity contribution in [2.45, 2.75) is 0 Å². The molecule has 0 bridgehead atoms. The van der Waals surface area contributed by atoms with Crippen LogP contribution >= 0.6 is 0 Å². The molecule has 0 saturated heterocycles. The van der Waals surface area contributed by atoms with E-state index in [-0.39, 0.29) is 0 Å². The first-order valence-corrected chi connectivity index (χ1v) is 5.60. The molecule has 1 heterocycles. The predicted octanol–water partition coefficient (Wildman–Crippen LogP) is 2.61. The van der Waals surface area contributed by atoms with Gasteiger partial charge in [-0.15, -0.1) is 0 Å². The molecule has 0 radical (unpaired) electrons. The van der Waals surface area contributed by atoms with Gasteiger partial charge in [-0.1, -0.05) is 0 Å². The number of methoxy groups -OCH3 is 1. The molecule has 0 aliphatic rings. The Bertz CT molecular complexity index is 707. The maximum Gasteiger partial charge on any atom is 0.179 e. The summed E-state index contributed by atoms with van der Waals surface area (Å²) in [4.78, 5) is 0. The zero-order chi connectivity index (χ0) is 13.2. The molecule has 0 aliphatic heterocycles. The van der Waals surface area contributed by atoms with E-state index in [0.717, 1.165) is 5.75 Å². The summed E-state index contributed by atoms with van der Waals surface area (Å²) in [5.74, 6) is 1.96. The molecule has 19 heavy (non-hydrogen) atoms. The van der Waals surface area contributed by atoms with Crippen LogP contribution in [0, 0.1) is 0 Å². The summed E-state index contributed by atoms with van der Waals surface area (Å²) in [5, 5.41) is 7.53. The molecule has 0 fully saturated rings. The van der Waals surface area contributed by atoms with E-state index < -0.39 is 0 Å². The minimum absolute atomic E-state index is 0.492. The van der Waals surface area contributed by atoms with E-state index in [2.05, 4.69) is 14.9 Å². The number of benzene rings is 2. The van der Waals surface area contributed by atoms with E-state index >= 15 is 0 Å². The largest absolute Gasteiger partial charge is 0.497 e. The predicted molar refractivity (Wildman–Crippen MR) is 69.3 cm³/mol. The minimum Gasteiger partial charge on any atom is -0.497 e. The van der Waals surface area contributed by atoms with Crippen LogP contribution in [0.3, 0.4) is 0 Å². The van der Waals surface area contributed by atoms with Crippen molar-refractivity contribution in [1.29, 1.82) is 0 Å². The molecule has 0 saturated carbocycles. The fraction of sp³-hybridized carbons (Fsp3) is 0.0769. The summed E-state index contributed by atoms with van der Waals surface area (Å²) in [5.41, 5.74) is 7.25. The average molecular weight is 257 g/mol. The van der Waals surface area contributed by atoms with Gasteiger partial charge in [-0.2, -0.15) is 0 Å². The first kappa shape index (κ1) is 11.3. The van der Waals surface area contributed by atoms with Crippen LogP contribution < -0.4 is 15.2 Å². The van der Waals surface area contributed by atoms with Crippen molar-refractivity contribution in [1.82, 2.24) is 10.3 Å². The van der Waals surface area contributed by atoms with Gasteiger partial charge in [0.2, 0.25) is 0 Å². The second kappa shape index (κ2) is 4.49. The van der Waals surface area contributed by atoms with Crippen LogP contribution in [0.1, 0.15) is 0 Å². The zero-order valence-electron chi connectivity index (χ0n) is 10.2. The lowest BCUT2D eigenvalue weighted by Gasteiger charge is -2.07. The standard InChI is InChI=1S/C13H11N3O3/c1-17-8-2-4-9(5-3-8)18-11-7-6-10(14)12-13(11)16-19-15-12/h2-7H,14H2,1H3. The van der Waals surface area contributed by atoms with Gasteiger partial charge in [0.05, 0.1) is 12.8 Å². The van der Waals surface area contributed by atoms with E-state index in [0.29, 0.717) is 28.2 Å². The second-order valence-corrected chi connectivity index (χ2v) is 3.89. The lowest BCUT2D eigenvalue weighted by Crippen LogP contribution is -1.90. The fourth-order valence-electron chi connectivity index (χ4n) is 1.72. The van der Waals surface area contributed by atoms with Gasteiger partial charge in [0, 0.05) is 0 Å². The van der Waals surface area contributed by atoms with E-state index in [1.165, 1.54) is 0 Å². The fourth-order valence-corrected chi connectivity index (χ4v) is 1.72. The maximum atomic E-state index is 5.77. The number of aromatic nitrogens is 2. The Morgan fingerprint density at radius 3 is 2.37 bits per heavy atom. The number of rotatable bonds is 3. The SMILES string of the molecule is COc1ccc(Oc2ccc(N)c3nonc23)cc1. The van der Waals surface area contributed by atoms with Crippen LogP contribution in [0.25, 0.3) is 11.0 Å². The van der Waals surface area contributed by atoms with Crippen LogP contribution in [0.5, 0.6) is 17.2 Å². The molecule has 2 N–H and O–H groups in total. The Balaban J connectivity index is 1.96. The Labute approximate surface area is 108 Å². The molecule has 6 nitrogen and oxygen atoms in total. The summed E-state index contributed by atoms with van der Waals surface area (Å²) in [6.45, 7) is 0. The number of nitrogens with two attached hydrogens (primary N) is 1. The first-order chi connectivity index (χ1) is 9.28. The summed E-state index contributed by atoms with van der Waals surface area (Å²) in [6.07, 6.45) is 0. The normalized spacial score (nSPS) is 10.6. The average Bonchev–Trinajstić information content (AvgIpc) is 2.93. The number of anilines is 1. The monoisotopic (exact) mass is 257 g/mol. The lowest BCUT2D eigenvalue weighted by atomic mass is 10.2. The molecule has 3 aromatic rings. The summed E-state index contributed by atoms with van der Waals surface area (Å²) in [6, 6.07) is 10.6. The molecular formula is C13H11N3O3. The highest BCUT2D eigenvalue weighted by Gasteiger charge is 2.11. The van der Waals surface area contributed by atoms with Gasteiger partial charge < -0.3 is 15.2 Å². The van der Waals surface area contributed by atoms with Crippen LogP contribution in [0.2, 0.25) is 0 Å². The van der Waals surface area contributed by atoms with Crippen molar-refractivity contribution in [3.05, 3.63) is 36.4 Å². The van der Waals surface area contributed by atoms with Gasteiger partial charge in [0.1, 0.15) is 11.5 Å². The maximum absolute atomic E-state index is 5.77.